The first-order chi connectivity index (χ1) is 46.1. The van der Waals surface area contributed by atoms with Gasteiger partial charge in [-0.05, 0) is 60.6 Å². The fraction of sp³-hybridized carbons (Fsp3) is 0.710. The van der Waals surface area contributed by atoms with Crippen LogP contribution in [0.25, 0.3) is 0 Å². The normalized spacial score (nSPS) is 21.4. The standard InChI is InChI=1S/C62H96N8O27/c1-14-20-82-26-28-86-30-31-87-29-27-85-25-19-70(17-23-83-21-15-63-48(72)36-88-52(46-34-90-59(78)94-46)51-38(2)42(32-44(92-51)55(74)80-12)65-39(3)67-57(76)96-61(6,7)8)18-24-84-22-16-64-49(73)37-89-53(47-35-91-60(79)95-47)54-50(69-41(5)71)43(33-45(93-54)56(75)81-13)66-40(4)68-58(77)97-62(9,10)11/h1,32-33,38,42-43,46-47,50-54,66H,4,15-31,34-37H2,2-3,5-13H3,(H,63,72)(H,64,73)(H,68,77)(H,69,71)(H,65,67,76)/t38-,42+,43+,46-,47-,50-,51-,52-,53-,54-/m1/s1. The molecule has 10 atom stereocenters. The van der Waals surface area contributed by atoms with Gasteiger partial charge in [0.15, 0.2) is 18.3 Å². The number of aliphatic imine (C=N–C) groups is 1. The Kier molecular flexibility index (Phi) is 35.7. The summed E-state index contributed by atoms with van der Waals surface area (Å²) in [5, 5.41) is 16.7. The number of esters is 2. The van der Waals surface area contributed by atoms with Crippen LogP contribution in [-0.2, 0) is 109 Å². The van der Waals surface area contributed by atoms with Gasteiger partial charge in [-0.15, -0.1) is 6.42 Å². The summed E-state index contributed by atoms with van der Waals surface area (Å²) < 4.78 is 99.5. The number of rotatable bonds is 42. The van der Waals surface area contributed by atoms with Gasteiger partial charge in [-0.1, -0.05) is 19.4 Å². The van der Waals surface area contributed by atoms with Crippen molar-refractivity contribution in [1.29, 1.82) is 0 Å². The van der Waals surface area contributed by atoms with Gasteiger partial charge in [0.05, 0.1) is 105 Å². The Labute approximate surface area is 563 Å². The number of ether oxygens (including phenoxy) is 18. The molecule has 4 aliphatic heterocycles. The van der Waals surface area contributed by atoms with Crippen LogP contribution in [0, 0.1) is 18.3 Å². The lowest BCUT2D eigenvalue weighted by molar-refractivity contribution is -0.156. The van der Waals surface area contributed by atoms with E-state index < -0.39 is 139 Å². The molecular weight excluding hydrogens is 1290 g/mol. The zero-order chi connectivity index (χ0) is 71.5. The fourth-order valence-electron chi connectivity index (χ4n) is 9.40. The lowest BCUT2D eigenvalue weighted by atomic mass is 9.87. The molecule has 0 aromatic rings. The molecule has 4 aliphatic rings. The number of nitrogens with zero attached hydrogens (tertiary/aromatic N) is 2. The predicted molar refractivity (Wildman–Crippen MR) is 337 cm³/mol. The first-order valence-electron chi connectivity index (χ1n) is 31.4. The van der Waals surface area contributed by atoms with Crippen molar-refractivity contribution in [2.45, 2.75) is 128 Å². The van der Waals surface area contributed by atoms with E-state index in [-0.39, 0.29) is 82.5 Å². The van der Waals surface area contributed by atoms with Crippen LogP contribution in [0.4, 0.5) is 19.2 Å². The predicted octanol–water partition coefficient (Wildman–Crippen LogP) is 0.413. The molecule has 4 rings (SSSR count). The topological polar surface area (TPSA) is 408 Å². The number of alkyl carbamates (subject to hydrolysis) is 1. The Morgan fingerprint density at radius 1 is 0.629 bits per heavy atom. The van der Waals surface area contributed by atoms with Crippen LogP contribution < -0.4 is 31.9 Å². The first kappa shape index (κ1) is 81.3. The monoisotopic (exact) mass is 1380 g/mol. The van der Waals surface area contributed by atoms with E-state index in [1.807, 2.05) is 4.90 Å². The van der Waals surface area contributed by atoms with Crippen molar-refractivity contribution in [1.82, 2.24) is 36.8 Å². The molecule has 0 spiro atoms. The minimum atomic E-state index is -1.38. The van der Waals surface area contributed by atoms with Gasteiger partial charge in [0, 0.05) is 45.6 Å². The third-order valence-corrected chi connectivity index (χ3v) is 13.7. The summed E-state index contributed by atoms with van der Waals surface area (Å²) in [6.45, 7) is 21.2. The van der Waals surface area contributed by atoms with Gasteiger partial charge in [-0.2, -0.15) is 4.99 Å². The van der Waals surface area contributed by atoms with E-state index in [1.54, 1.807) is 48.5 Å². The Balaban J connectivity index is 1.31. The smallest absolute Gasteiger partial charge is 0.480 e. The highest BCUT2D eigenvalue weighted by Gasteiger charge is 2.50. The number of hydrogen-bond acceptors (Lipinski definition) is 29. The maximum Gasteiger partial charge on any atom is 0.508 e. The summed E-state index contributed by atoms with van der Waals surface area (Å²) in [6, 6.07) is -2.93. The molecule has 5 amide bonds. The fourth-order valence-corrected chi connectivity index (χ4v) is 9.40. The second kappa shape index (κ2) is 42.6. The van der Waals surface area contributed by atoms with Gasteiger partial charge >= 0.3 is 36.4 Å². The lowest BCUT2D eigenvalue weighted by Crippen LogP contribution is -2.64. The number of cyclic esters (lactones) is 4. The molecule has 0 radical (unpaired) electrons. The van der Waals surface area contributed by atoms with Crippen molar-refractivity contribution in [3.05, 3.63) is 36.1 Å². The van der Waals surface area contributed by atoms with Crippen LogP contribution in [0.5, 0.6) is 0 Å². The highest BCUT2D eigenvalue weighted by molar-refractivity contribution is 5.91. The van der Waals surface area contributed by atoms with Gasteiger partial charge in [-0.3, -0.25) is 24.6 Å². The second-order valence-electron chi connectivity index (χ2n) is 23.8. The first-order valence-corrected chi connectivity index (χ1v) is 31.4. The third-order valence-electron chi connectivity index (χ3n) is 13.7. The third kappa shape index (κ3) is 31.8. The number of carbonyl (C=O) groups is 9. The lowest BCUT2D eigenvalue weighted by Gasteiger charge is -2.41. The van der Waals surface area contributed by atoms with E-state index in [0.717, 1.165) is 7.11 Å². The molecule has 2 fully saturated rings. The Morgan fingerprint density at radius 3 is 1.54 bits per heavy atom. The quantitative estimate of drug-likeness (QED) is 0.0120. The molecule has 0 saturated carbocycles. The molecule has 35 heteroatoms. The molecule has 0 aliphatic carbocycles. The van der Waals surface area contributed by atoms with Gasteiger partial charge in [-0.25, -0.2) is 28.8 Å². The van der Waals surface area contributed by atoms with Crippen LogP contribution in [0.15, 0.2) is 41.1 Å². The van der Waals surface area contributed by atoms with E-state index in [0.29, 0.717) is 65.9 Å². The van der Waals surface area contributed by atoms with Crippen molar-refractivity contribution in [3.8, 4) is 12.3 Å². The minimum absolute atomic E-state index is 0.0285. The maximum atomic E-state index is 13.3. The van der Waals surface area contributed by atoms with E-state index in [9.17, 15) is 43.2 Å². The second-order valence-corrected chi connectivity index (χ2v) is 23.8. The zero-order valence-corrected chi connectivity index (χ0v) is 57.0. The number of methoxy groups -OCH3 is 2. The van der Waals surface area contributed by atoms with Gasteiger partial charge < -0.3 is 112 Å². The van der Waals surface area contributed by atoms with E-state index in [2.05, 4.69) is 49.4 Å². The molecule has 0 aromatic carbocycles. The van der Waals surface area contributed by atoms with Crippen LogP contribution in [0.2, 0.25) is 0 Å². The number of carbonyl (C=O) groups excluding carboxylic acids is 9. The van der Waals surface area contributed by atoms with Crippen LogP contribution in [0.1, 0.15) is 62.3 Å². The average Bonchev–Trinajstić information content (AvgIpc) is 1.42. The summed E-state index contributed by atoms with van der Waals surface area (Å²) >= 11 is 0. The molecule has 0 bridgehead atoms. The van der Waals surface area contributed by atoms with E-state index >= 15 is 0 Å². The van der Waals surface area contributed by atoms with Crippen molar-refractivity contribution in [2.75, 3.05) is 153 Å². The summed E-state index contributed by atoms with van der Waals surface area (Å²) in [6.07, 6.45) is -3.00. The number of amides is 5. The number of nitrogens with one attached hydrogen (secondary N) is 6. The zero-order valence-electron chi connectivity index (χ0n) is 57.0. The minimum Gasteiger partial charge on any atom is -0.480 e. The van der Waals surface area contributed by atoms with Gasteiger partial charge in [0.2, 0.25) is 29.2 Å². The molecule has 0 unspecified atom stereocenters. The maximum absolute atomic E-state index is 13.3. The largest absolute Gasteiger partial charge is 0.508 e. The van der Waals surface area contributed by atoms with Gasteiger partial charge in [0.1, 0.15) is 74.2 Å². The number of hydrogen-bond donors (Lipinski definition) is 6. The molecule has 4 heterocycles. The van der Waals surface area contributed by atoms with Crippen molar-refractivity contribution < 1.29 is 128 Å². The summed E-state index contributed by atoms with van der Waals surface area (Å²) in [5.74, 6) is -2.19. The SMILES string of the molecule is C#CCOCCOCCOCCOCCN(CCOCCNC(=O)CO[C@@H]([C@@H]1OC(C(=O)OC)=C[C@H](N/C(C)=N\C(=O)OC(C)(C)C)[C@H]1C)[C@H]1COC(=O)O1)CCOCCNC(=O)CO[C@@H]([C@@H]1OC(C(=O)OC)=C[C@H](NC(=C)NC(=O)OC(C)(C)C)[C@H]1NC(C)=O)[C@H]1COC(=O)O1. The molecule has 6 N–H and O–H groups in total. The molecule has 97 heavy (non-hydrogen) atoms. The highest BCUT2D eigenvalue weighted by atomic mass is 16.8. The van der Waals surface area contributed by atoms with Crippen LogP contribution in [-0.4, -0.2) is 283 Å². The molecule has 0 aromatic heterocycles. The number of amidine groups is 1. The Hall–Kier alpha value is -8.08. The Bertz CT molecular complexity index is 2730. The van der Waals surface area contributed by atoms with Crippen LogP contribution in [0.3, 0.4) is 0 Å². The molecular formula is C62H96N8O27. The van der Waals surface area contributed by atoms with Crippen molar-refractivity contribution in [2.24, 2.45) is 10.9 Å². The molecule has 546 valence electrons. The number of terminal acetylenes is 1. The highest BCUT2D eigenvalue weighted by Crippen LogP contribution is 2.32. The van der Waals surface area contributed by atoms with Crippen molar-refractivity contribution >= 4 is 60.0 Å². The average molecular weight is 1390 g/mol. The van der Waals surface area contributed by atoms with Gasteiger partial charge in [0.25, 0.3) is 0 Å². The molecule has 35 nitrogen and oxygen atoms in total. The van der Waals surface area contributed by atoms with Crippen molar-refractivity contribution in [3.63, 3.8) is 0 Å². The van der Waals surface area contributed by atoms with E-state index in [1.165, 1.54) is 33.1 Å². The summed E-state index contributed by atoms with van der Waals surface area (Å²) in [4.78, 5) is 121. The molecule has 2 saturated heterocycles. The van der Waals surface area contributed by atoms with E-state index in [4.69, 9.17) is 91.7 Å². The van der Waals surface area contributed by atoms with Crippen LogP contribution >= 0.6 is 0 Å². The Morgan fingerprint density at radius 2 is 1.08 bits per heavy atom. The summed E-state index contributed by atoms with van der Waals surface area (Å²) in [7, 11) is 2.28. The summed E-state index contributed by atoms with van der Waals surface area (Å²) in [5.41, 5.74) is -1.66.